The highest BCUT2D eigenvalue weighted by molar-refractivity contribution is 5.91. The first-order valence-electron chi connectivity index (χ1n) is 14.0. The Morgan fingerprint density at radius 1 is 1.10 bits per heavy atom. The topological polar surface area (TPSA) is 112 Å². The van der Waals surface area contributed by atoms with Crippen molar-refractivity contribution in [1.29, 1.82) is 0 Å². The number of aldehydes is 1. The van der Waals surface area contributed by atoms with Gasteiger partial charge >= 0.3 is 6.09 Å². The molecule has 3 aliphatic rings. The number of anilines is 1. The van der Waals surface area contributed by atoms with Crippen LogP contribution < -0.4 is 9.64 Å². The second-order valence-electron chi connectivity index (χ2n) is 11.9. The van der Waals surface area contributed by atoms with Gasteiger partial charge in [0.15, 0.2) is 11.9 Å². The zero-order chi connectivity index (χ0) is 28.0. The first-order valence-corrected chi connectivity index (χ1v) is 14.0. The molecule has 3 aliphatic heterocycles. The number of hydrogen-bond donors (Lipinski definition) is 0. The molecule has 0 spiro atoms. The lowest BCUT2D eigenvalue weighted by molar-refractivity contribution is -0.0298. The lowest BCUT2D eigenvalue weighted by atomic mass is 10.0. The highest BCUT2D eigenvalue weighted by Gasteiger charge is 2.43. The molecule has 0 N–H and O–H groups in total. The molecule has 0 radical (unpaired) electrons. The van der Waals surface area contributed by atoms with Gasteiger partial charge in [0.1, 0.15) is 28.8 Å². The molecule has 11 heteroatoms. The molecule has 40 heavy (non-hydrogen) atoms. The molecule has 3 atom stereocenters. The van der Waals surface area contributed by atoms with Crippen molar-refractivity contribution in [3.63, 3.8) is 0 Å². The number of nitrogens with zero attached hydrogens (tertiary/aromatic N) is 6. The van der Waals surface area contributed by atoms with Gasteiger partial charge in [-0.05, 0) is 58.2 Å². The summed E-state index contributed by atoms with van der Waals surface area (Å²) in [6.45, 7) is 9.16. The lowest BCUT2D eigenvalue weighted by Crippen LogP contribution is -2.37. The summed E-state index contributed by atoms with van der Waals surface area (Å²) < 4.78 is 19.0. The number of aromatic nitrogens is 4. The van der Waals surface area contributed by atoms with E-state index in [1.807, 2.05) is 36.3 Å². The Bertz CT molecular complexity index is 1410. The van der Waals surface area contributed by atoms with Gasteiger partial charge in [0.25, 0.3) is 0 Å². The molecule has 3 saturated heterocycles. The average molecular weight is 549 g/mol. The molecular weight excluding hydrogens is 512 g/mol. The molecular formula is C29H36N6O5. The van der Waals surface area contributed by atoms with Crippen LogP contribution in [0.4, 0.5) is 10.7 Å². The number of ether oxygens (including phenoxy) is 3. The standard InChI is InChI=1S/C29H36N6O5/c1-29(2,3)40-28(37)34-14-20-12-33(13-21(20)15-34)27-31-24(18-8-9-22(38-4)19(11-18)16-36)25-26(32-27)35(17-30-25)23-7-5-6-10-39-23/h8-9,11,16-17,20-21,23H,5-7,10,12-15H2,1-4H3. The second-order valence-corrected chi connectivity index (χ2v) is 11.9. The number of imidazole rings is 1. The van der Waals surface area contributed by atoms with Crippen LogP contribution in [0, 0.1) is 11.8 Å². The molecule has 0 saturated carbocycles. The van der Waals surface area contributed by atoms with Gasteiger partial charge in [-0.3, -0.25) is 9.36 Å². The van der Waals surface area contributed by atoms with E-state index in [2.05, 4.69) is 4.90 Å². The Labute approximate surface area is 233 Å². The highest BCUT2D eigenvalue weighted by atomic mass is 16.6. The fraction of sp³-hybridized carbons (Fsp3) is 0.552. The zero-order valence-corrected chi connectivity index (χ0v) is 23.5. The fourth-order valence-corrected chi connectivity index (χ4v) is 6.01. The molecule has 3 aromatic rings. The summed E-state index contributed by atoms with van der Waals surface area (Å²) in [5.41, 5.74) is 2.73. The van der Waals surface area contributed by atoms with E-state index in [1.54, 1.807) is 25.6 Å². The van der Waals surface area contributed by atoms with Gasteiger partial charge in [-0.2, -0.15) is 4.98 Å². The van der Waals surface area contributed by atoms with Crippen LogP contribution in [0.15, 0.2) is 24.5 Å². The van der Waals surface area contributed by atoms with Crippen molar-refractivity contribution in [2.45, 2.75) is 51.9 Å². The minimum Gasteiger partial charge on any atom is -0.496 e. The number of hydrogen-bond acceptors (Lipinski definition) is 9. The van der Waals surface area contributed by atoms with E-state index in [0.717, 1.165) is 44.2 Å². The third-order valence-corrected chi connectivity index (χ3v) is 7.93. The number of benzene rings is 1. The number of carbonyl (C=O) groups is 2. The van der Waals surface area contributed by atoms with E-state index in [9.17, 15) is 9.59 Å². The number of carbonyl (C=O) groups excluding carboxylic acids is 2. The van der Waals surface area contributed by atoms with Gasteiger partial charge in [0.2, 0.25) is 5.95 Å². The van der Waals surface area contributed by atoms with Crippen LogP contribution in [0.3, 0.4) is 0 Å². The average Bonchev–Trinajstić information content (AvgIpc) is 3.65. The monoisotopic (exact) mass is 548 g/mol. The van der Waals surface area contributed by atoms with Crippen LogP contribution in [0.5, 0.6) is 5.75 Å². The van der Waals surface area contributed by atoms with Crippen molar-refractivity contribution in [2.24, 2.45) is 11.8 Å². The van der Waals surface area contributed by atoms with E-state index < -0.39 is 5.60 Å². The Hall–Kier alpha value is -3.73. The quantitative estimate of drug-likeness (QED) is 0.430. The summed E-state index contributed by atoms with van der Waals surface area (Å²) in [7, 11) is 1.54. The van der Waals surface area contributed by atoms with Crippen LogP contribution in [0.2, 0.25) is 0 Å². The number of methoxy groups -OCH3 is 1. The molecule has 0 bridgehead atoms. The van der Waals surface area contributed by atoms with Gasteiger partial charge in [-0.15, -0.1) is 0 Å². The van der Waals surface area contributed by atoms with E-state index >= 15 is 0 Å². The highest BCUT2D eigenvalue weighted by Crippen LogP contribution is 2.37. The van der Waals surface area contributed by atoms with Crippen LogP contribution in [-0.2, 0) is 9.47 Å². The molecule has 212 valence electrons. The predicted octanol–water partition coefficient (Wildman–Crippen LogP) is 4.32. The van der Waals surface area contributed by atoms with Crippen molar-refractivity contribution in [3.05, 3.63) is 30.1 Å². The van der Waals surface area contributed by atoms with Crippen molar-refractivity contribution in [2.75, 3.05) is 44.8 Å². The largest absolute Gasteiger partial charge is 0.496 e. The molecule has 1 aromatic carbocycles. The smallest absolute Gasteiger partial charge is 0.410 e. The first-order chi connectivity index (χ1) is 19.2. The molecule has 0 aliphatic carbocycles. The third kappa shape index (κ3) is 4.98. The Kier molecular flexibility index (Phi) is 6.85. The third-order valence-electron chi connectivity index (χ3n) is 7.93. The molecule has 5 heterocycles. The minimum absolute atomic E-state index is 0.129. The van der Waals surface area contributed by atoms with Crippen LogP contribution in [0.25, 0.3) is 22.4 Å². The fourth-order valence-electron chi connectivity index (χ4n) is 6.01. The zero-order valence-electron chi connectivity index (χ0n) is 23.5. The Balaban J connectivity index is 1.34. The molecule has 1 amide bonds. The summed E-state index contributed by atoms with van der Waals surface area (Å²) in [6.07, 6.45) is 5.21. The number of fused-ring (bicyclic) bond motifs is 2. The summed E-state index contributed by atoms with van der Waals surface area (Å²) in [5.74, 6) is 1.74. The van der Waals surface area contributed by atoms with E-state index in [0.29, 0.717) is 65.7 Å². The SMILES string of the molecule is COc1ccc(-c2nc(N3CC4CN(C(=O)OC(C)(C)C)CC4C3)nc3c2ncn3C2CCCCO2)cc1C=O. The predicted molar refractivity (Wildman–Crippen MR) is 149 cm³/mol. The number of likely N-dealkylation sites (tertiary alicyclic amines) is 1. The number of rotatable bonds is 5. The Morgan fingerprint density at radius 2 is 1.88 bits per heavy atom. The summed E-state index contributed by atoms with van der Waals surface area (Å²) in [5, 5.41) is 0. The van der Waals surface area contributed by atoms with Gasteiger partial charge in [0.05, 0.1) is 19.0 Å². The lowest BCUT2D eigenvalue weighted by Gasteiger charge is -2.26. The van der Waals surface area contributed by atoms with E-state index in [-0.39, 0.29) is 12.3 Å². The maximum Gasteiger partial charge on any atom is 0.410 e. The van der Waals surface area contributed by atoms with Gasteiger partial charge < -0.3 is 24.0 Å². The van der Waals surface area contributed by atoms with Crippen LogP contribution in [0.1, 0.15) is 56.6 Å². The minimum atomic E-state index is -0.517. The van der Waals surface area contributed by atoms with Crippen molar-refractivity contribution in [3.8, 4) is 17.0 Å². The Morgan fingerprint density at radius 3 is 2.52 bits per heavy atom. The molecule has 11 nitrogen and oxygen atoms in total. The van der Waals surface area contributed by atoms with Crippen molar-refractivity contribution in [1.82, 2.24) is 24.4 Å². The summed E-state index contributed by atoms with van der Waals surface area (Å²) >= 11 is 0. The van der Waals surface area contributed by atoms with Gasteiger partial charge in [-0.25, -0.2) is 14.8 Å². The summed E-state index contributed by atoms with van der Waals surface area (Å²) in [6, 6.07) is 5.45. The van der Waals surface area contributed by atoms with Gasteiger partial charge in [-0.1, -0.05) is 0 Å². The van der Waals surface area contributed by atoms with E-state index in [4.69, 9.17) is 29.2 Å². The van der Waals surface area contributed by atoms with Crippen molar-refractivity contribution < 1.29 is 23.8 Å². The maximum absolute atomic E-state index is 12.7. The normalized spacial score (nSPS) is 22.9. The molecule has 3 fully saturated rings. The van der Waals surface area contributed by atoms with Crippen LogP contribution in [-0.4, -0.2) is 82.3 Å². The first kappa shape index (κ1) is 26.5. The molecule has 3 unspecified atom stereocenters. The van der Waals surface area contributed by atoms with Crippen LogP contribution >= 0.6 is 0 Å². The summed E-state index contributed by atoms with van der Waals surface area (Å²) in [4.78, 5) is 43.2. The molecule has 2 aromatic heterocycles. The van der Waals surface area contributed by atoms with Gasteiger partial charge in [0, 0.05) is 50.2 Å². The second kappa shape index (κ2) is 10.3. The maximum atomic E-state index is 12.7. The number of amides is 1. The van der Waals surface area contributed by atoms with E-state index in [1.165, 1.54) is 0 Å². The van der Waals surface area contributed by atoms with Crippen molar-refractivity contribution >= 4 is 29.5 Å². The molecule has 6 rings (SSSR count).